The number of ether oxygens (including phenoxy) is 1. The molecule has 136 valence electrons. The molecule has 6 heteroatoms. The summed E-state index contributed by atoms with van der Waals surface area (Å²) < 4.78 is 7.22. The molecule has 1 unspecified atom stereocenters. The van der Waals surface area contributed by atoms with Gasteiger partial charge < -0.3 is 15.2 Å². The fraction of sp³-hybridized carbons (Fsp3) is 0.474. The molecule has 0 fully saturated rings. The van der Waals surface area contributed by atoms with Crippen LogP contribution >= 0.6 is 0 Å². The lowest BCUT2D eigenvalue weighted by Gasteiger charge is -2.19. The van der Waals surface area contributed by atoms with Crippen LogP contribution in [-0.2, 0) is 12.5 Å². The zero-order valence-electron chi connectivity index (χ0n) is 15.5. The highest BCUT2D eigenvalue weighted by atomic mass is 16.5. The Morgan fingerprint density at radius 2 is 1.96 bits per heavy atom. The van der Waals surface area contributed by atoms with Gasteiger partial charge in [0.25, 0.3) is 5.91 Å². The molecule has 6 nitrogen and oxygen atoms in total. The van der Waals surface area contributed by atoms with Crippen molar-refractivity contribution >= 4 is 5.91 Å². The van der Waals surface area contributed by atoms with Gasteiger partial charge in [0.1, 0.15) is 18.5 Å². The number of rotatable bonds is 6. The van der Waals surface area contributed by atoms with Gasteiger partial charge in [0.2, 0.25) is 0 Å². The van der Waals surface area contributed by atoms with Crippen LogP contribution < -0.4 is 10.1 Å². The molecule has 0 bridgehead atoms. The fourth-order valence-electron chi connectivity index (χ4n) is 2.33. The van der Waals surface area contributed by atoms with Gasteiger partial charge in [-0.05, 0) is 30.0 Å². The molecule has 2 aromatic rings. The first-order valence-corrected chi connectivity index (χ1v) is 8.36. The second-order valence-corrected chi connectivity index (χ2v) is 7.22. The Morgan fingerprint density at radius 3 is 2.48 bits per heavy atom. The minimum atomic E-state index is -0.789. The molecule has 2 N–H and O–H groups in total. The highest BCUT2D eigenvalue weighted by Gasteiger charge is 2.15. The average molecular weight is 345 g/mol. The smallest absolute Gasteiger partial charge is 0.254 e. The molecule has 0 saturated carbocycles. The molecule has 2 rings (SSSR count). The third kappa shape index (κ3) is 5.06. The van der Waals surface area contributed by atoms with E-state index in [9.17, 15) is 9.90 Å². The first-order chi connectivity index (χ1) is 11.7. The summed E-state index contributed by atoms with van der Waals surface area (Å²) in [4.78, 5) is 12.1. The number of amides is 1. The highest BCUT2D eigenvalue weighted by Crippen LogP contribution is 2.24. The second-order valence-electron chi connectivity index (χ2n) is 7.22. The monoisotopic (exact) mass is 345 g/mol. The predicted molar refractivity (Wildman–Crippen MR) is 96.9 cm³/mol. The molecule has 25 heavy (non-hydrogen) atoms. The van der Waals surface area contributed by atoms with E-state index in [2.05, 4.69) is 31.2 Å². The molecule has 1 aromatic carbocycles. The first-order valence-electron chi connectivity index (χ1n) is 8.36. The van der Waals surface area contributed by atoms with E-state index in [0.29, 0.717) is 11.3 Å². The van der Waals surface area contributed by atoms with Crippen LogP contribution in [0.4, 0.5) is 0 Å². The maximum absolute atomic E-state index is 12.1. The molecule has 1 heterocycles. The Bertz CT molecular complexity index is 715. The largest absolute Gasteiger partial charge is 0.491 e. The summed E-state index contributed by atoms with van der Waals surface area (Å²) in [5.41, 5.74) is 2.60. The Morgan fingerprint density at radius 1 is 1.32 bits per heavy atom. The number of hydrogen-bond donors (Lipinski definition) is 2. The summed E-state index contributed by atoms with van der Waals surface area (Å²) in [6.45, 7) is 8.51. The van der Waals surface area contributed by atoms with Crippen molar-refractivity contribution in [3.8, 4) is 5.75 Å². The topological polar surface area (TPSA) is 76.4 Å². The van der Waals surface area contributed by atoms with Crippen LogP contribution in [0.25, 0.3) is 0 Å². The van der Waals surface area contributed by atoms with Crippen LogP contribution in [0, 0.1) is 6.92 Å². The first kappa shape index (κ1) is 19.0. The van der Waals surface area contributed by atoms with E-state index in [4.69, 9.17) is 4.74 Å². The molecule has 0 aliphatic heterocycles. The Labute approximate surface area is 148 Å². The molecule has 0 spiro atoms. The lowest BCUT2D eigenvalue weighted by molar-refractivity contribution is 0.0843. The number of aromatic nitrogens is 2. The van der Waals surface area contributed by atoms with Crippen LogP contribution in [0.5, 0.6) is 5.75 Å². The molecule has 0 aliphatic carbocycles. The zero-order chi connectivity index (χ0) is 18.6. The number of aliphatic hydroxyl groups is 1. The number of carbonyl (C=O) groups is 1. The van der Waals surface area contributed by atoms with Gasteiger partial charge in [-0.2, -0.15) is 5.10 Å². The Kier molecular flexibility index (Phi) is 5.85. The number of nitrogens with one attached hydrogen (secondary N) is 1. The quantitative estimate of drug-likeness (QED) is 0.841. The van der Waals surface area contributed by atoms with Gasteiger partial charge in [0, 0.05) is 19.3 Å². The number of aliphatic hydroxyl groups excluding tert-OH is 1. The Hall–Kier alpha value is -2.34. The van der Waals surface area contributed by atoms with E-state index >= 15 is 0 Å². The van der Waals surface area contributed by atoms with E-state index in [1.165, 1.54) is 11.8 Å². The van der Waals surface area contributed by atoms with Crippen molar-refractivity contribution in [2.45, 2.75) is 39.2 Å². The van der Waals surface area contributed by atoms with E-state index in [0.717, 1.165) is 5.69 Å². The van der Waals surface area contributed by atoms with Gasteiger partial charge in [0.05, 0.1) is 11.8 Å². The van der Waals surface area contributed by atoms with Gasteiger partial charge in [-0.3, -0.25) is 9.48 Å². The maximum Gasteiger partial charge on any atom is 0.254 e. The van der Waals surface area contributed by atoms with Crippen LogP contribution in [0.2, 0.25) is 0 Å². The third-order valence-corrected chi connectivity index (χ3v) is 4.14. The van der Waals surface area contributed by atoms with E-state index < -0.39 is 6.10 Å². The number of nitrogens with zero attached hydrogens (tertiary/aromatic N) is 2. The molecule has 1 amide bonds. The molecular weight excluding hydrogens is 318 g/mol. The molecule has 0 radical (unpaired) electrons. The molecule has 0 aliphatic rings. The average Bonchev–Trinajstić information content (AvgIpc) is 2.89. The molecule has 1 atom stereocenters. The van der Waals surface area contributed by atoms with Crippen LogP contribution in [-0.4, -0.2) is 40.0 Å². The molecule has 1 aromatic heterocycles. The fourth-order valence-corrected chi connectivity index (χ4v) is 2.33. The van der Waals surface area contributed by atoms with Crippen LogP contribution in [0.1, 0.15) is 42.4 Å². The van der Waals surface area contributed by atoms with Gasteiger partial charge in [-0.25, -0.2) is 0 Å². The van der Waals surface area contributed by atoms with E-state index in [1.807, 2.05) is 31.2 Å². The van der Waals surface area contributed by atoms with E-state index in [-0.39, 0.29) is 24.5 Å². The summed E-state index contributed by atoms with van der Waals surface area (Å²) >= 11 is 0. The lowest BCUT2D eigenvalue weighted by Crippen LogP contribution is -2.35. The van der Waals surface area contributed by atoms with Crippen LogP contribution in [0.3, 0.4) is 0 Å². The minimum absolute atomic E-state index is 0.0900. The number of aryl methyl sites for hydroxylation is 1. The normalized spacial score (nSPS) is 12.7. The SMILES string of the molecule is Cc1c(C(=O)NCC(O)COc2ccc(C(C)(C)C)cc2)cnn1C. The van der Waals surface area contributed by atoms with Crippen molar-refractivity contribution in [2.24, 2.45) is 7.05 Å². The third-order valence-electron chi connectivity index (χ3n) is 4.14. The number of hydrogen-bond acceptors (Lipinski definition) is 4. The van der Waals surface area contributed by atoms with Crippen molar-refractivity contribution < 1.29 is 14.6 Å². The van der Waals surface area contributed by atoms with Crippen molar-refractivity contribution in [1.29, 1.82) is 0 Å². The summed E-state index contributed by atoms with van der Waals surface area (Å²) in [6.07, 6.45) is 0.729. The van der Waals surface area contributed by atoms with Crippen molar-refractivity contribution in [1.82, 2.24) is 15.1 Å². The van der Waals surface area contributed by atoms with Crippen molar-refractivity contribution in [3.63, 3.8) is 0 Å². The van der Waals surface area contributed by atoms with Gasteiger partial charge in [0.15, 0.2) is 0 Å². The molecule has 0 saturated heterocycles. The highest BCUT2D eigenvalue weighted by molar-refractivity contribution is 5.95. The van der Waals surface area contributed by atoms with Gasteiger partial charge in [-0.1, -0.05) is 32.9 Å². The zero-order valence-corrected chi connectivity index (χ0v) is 15.5. The summed E-state index contributed by atoms with van der Waals surface area (Å²) in [5, 5.41) is 16.7. The van der Waals surface area contributed by atoms with Crippen molar-refractivity contribution in [2.75, 3.05) is 13.2 Å². The summed E-state index contributed by atoms with van der Waals surface area (Å²) in [5.74, 6) is 0.445. The summed E-state index contributed by atoms with van der Waals surface area (Å²) in [7, 11) is 1.78. The molecular formula is C19H27N3O3. The predicted octanol–water partition coefficient (Wildman–Crippen LogP) is 2.20. The number of benzene rings is 1. The van der Waals surface area contributed by atoms with Gasteiger partial charge >= 0.3 is 0 Å². The maximum atomic E-state index is 12.1. The minimum Gasteiger partial charge on any atom is -0.491 e. The second kappa shape index (κ2) is 7.70. The Balaban J connectivity index is 1.80. The van der Waals surface area contributed by atoms with Crippen molar-refractivity contribution in [3.05, 3.63) is 47.3 Å². The van der Waals surface area contributed by atoms with Gasteiger partial charge in [-0.15, -0.1) is 0 Å². The number of carbonyl (C=O) groups excluding carboxylic acids is 1. The standard InChI is InChI=1S/C19H27N3O3/c1-13-17(11-21-22(13)5)18(24)20-10-15(23)12-25-16-8-6-14(7-9-16)19(2,3)4/h6-9,11,15,23H,10,12H2,1-5H3,(H,20,24). The van der Waals surface area contributed by atoms with Crippen LogP contribution in [0.15, 0.2) is 30.5 Å². The summed E-state index contributed by atoms with van der Waals surface area (Å²) in [6, 6.07) is 7.83. The lowest BCUT2D eigenvalue weighted by atomic mass is 9.87. The van der Waals surface area contributed by atoms with E-state index in [1.54, 1.807) is 11.7 Å².